The van der Waals surface area contributed by atoms with Crippen LogP contribution in [-0.2, 0) is 10.0 Å². The lowest BCUT2D eigenvalue weighted by Gasteiger charge is -2.22. The Hall–Kier alpha value is -3.71. The third-order valence-electron chi connectivity index (χ3n) is 5.99. The number of para-hydroxylation sites is 1. The minimum atomic E-state index is -3.69. The normalized spacial score (nSPS) is 14.5. The molecule has 1 aliphatic carbocycles. The number of rotatable bonds is 7. The zero-order valence-electron chi connectivity index (χ0n) is 18.7. The van der Waals surface area contributed by atoms with Gasteiger partial charge in [-0.2, -0.15) is 0 Å². The van der Waals surface area contributed by atoms with Crippen LogP contribution in [0, 0.1) is 5.92 Å². The second kappa shape index (κ2) is 8.91. The molecule has 1 aromatic heterocycles. The van der Waals surface area contributed by atoms with E-state index in [-0.39, 0.29) is 23.2 Å². The molecule has 0 radical (unpaired) electrons. The van der Waals surface area contributed by atoms with Crippen LogP contribution in [0.3, 0.4) is 0 Å². The Morgan fingerprint density at radius 1 is 0.912 bits per heavy atom. The van der Waals surface area contributed by atoms with Crippen molar-refractivity contribution in [2.45, 2.75) is 18.9 Å². The number of pyridine rings is 1. The number of carbonyl (C=O) groups is 1. The molecule has 0 spiro atoms. The van der Waals surface area contributed by atoms with Gasteiger partial charge in [0.2, 0.25) is 10.0 Å². The van der Waals surface area contributed by atoms with E-state index in [4.69, 9.17) is 4.98 Å². The van der Waals surface area contributed by atoms with Gasteiger partial charge in [-0.15, -0.1) is 0 Å². The summed E-state index contributed by atoms with van der Waals surface area (Å²) in [5, 5.41) is 3.80. The molecule has 1 heterocycles. The van der Waals surface area contributed by atoms with Crippen LogP contribution in [0.5, 0.6) is 0 Å². The van der Waals surface area contributed by atoms with E-state index in [0.29, 0.717) is 22.5 Å². The number of amides is 1. The molecule has 6 nitrogen and oxygen atoms in total. The first-order valence-electron chi connectivity index (χ1n) is 11.2. The van der Waals surface area contributed by atoms with E-state index in [9.17, 15) is 13.2 Å². The summed E-state index contributed by atoms with van der Waals surface area (Å²) in [4.78, 5) is 18.6. The molecule has 1 atom stereocenters. The van der Waals surface area contributed by atoms with Gasteiger partial charge >= 0.3 is 0 Å². The summed E-state index contributed by atoms with van der Waals surface area (Å²) in [7, 11) is -3.69. The van der Waals surface area contributed by atoms with Crippen LogP contribution in [0.1, 0.15) is 34.8 Å². The van der Waals surface area contributed by atoms with E-state index in [2.05, 4.69) is 10.0 Å². The zero-order valence-corrected chi connectivity index (χ0v) is 19.5. The molecule has 5 rings (SSSR count). The Labute approximate surface area is 199 Å². The fraction of sp³-hybridized carbons (Fsp3) is 0.185. The fourth-order valence-corrected chi connectivity index (χ4v) is 4.88. The number of anilines is 1. The lowest BCUT2D eigenvalue weighted by Crippen LogP contribution is -2.31. The second-order valence-corrected chi connectivity index (χ2v) is 10.4. The van der Waals surface area contributed by atoms with Crippen molar-refractivity contribution in [3.63, 3.8) is 0 Å². The van der Waals surface area contributed by atoms with Crippen LogP contribution in [-0.4, -0.2) is 25.6 Å². The Balaban J connectivity index is 1.70. The predicted octanol–water partition coefficient (Wildman–Crippen LogP) is 5.15. The highest BCUT2D eigenvalue weighted by Crippen LogP contribution is 2.42. The molecular weight excluding hydrogens is 446 g/mol. The molecule has 1 aliphatic rings. The average Bonchev–Trinajstić information content (AvgIpc) is 3.67. The van der Waals surface area contributed by atoms with E-state index in [1.54, 1.807) is 6.07 Å². The van der Waals surface area contributed by atoms with E-state index in [1.807, 2.05) is 78.9 Å². The van der Waals surface area contributed by atoms with Gasteiger partial charge in [0.1, 0.15) is 0 Å². The minimum absolute atomic E-state index is 0.146. The number of carbonyl (C=O) groups excluding carboxylic acids is 1. The van der Waals surface area contributed by atoms with Gasteiger partial charge in [-0.25, -0.2) is 13.4 Å². The van der Waals surface area contributed by atoms with Gasteiger partial charge in [-0.3, -0.25) is 9.52 Å². The molecule has 3 aromatic carbocycles. The van der Waals surface area contributed by atoms with Gasteiger partial charge in [0.25, 0.3) is 5.91 Å². The first kappa shape index (κ1) is 22.1. The third-order valence-corrected chi connectivity index (χ3v) is 6.57. The molecule has 0 bridgehead atoms. The van der Waals surface area contributed by atoms with Crippen molar-refractivity contribution in [1.29, 1.82) is 0 Å². The Bertz CT molecular complexity index is 1450. The van der Waals surface area contributed by atoms with Crippen LogP contribution in [0.15, 0.2) is 84.9 Å². The van der Waals surface area contributed by atoms with Gasteiger partial charge in [-0.05, 0) is 30.4 Å². The van der Waals surface area contributed by atoms with E-state index >= 15 is 0 Å². The average molecular weight is 472 g/mol. The van der Waals surface area contributed by atoms with Gasteiger partial charge in [0, 0.05) is 10.9 Å². The number of sulfonamides is 1. The third kappa shape index (κ3) is 4.65. The van der Waals surface area contributed by atoms with Crippen molar-refractivity contribution in [1.82, 2.24) is 10.3 Å². The first-order valence-corrected chi connectivity index (χ1v) is 13.1. The monoisotopic (exact) mass is 471 g/mol. The number of nitrogens with zero attached hydrogens (tertiary/aromatic N) is 1. The van der Waals surface area contributed by atoms with Crippen LogP contribution in [0.25, 0.3) is 22.2 Å². The van der Waals surface area contributed by atoms with Crippen LogP contribution >= 0.6 is 0 Å². The molecule has 4 aromatic rings. The molecule has 1 saturated carbocycles. The quantitative estimate of drug-likeness (QED) is 0.390. The zero-order chi connectivity index (χ0) is 23.7. The topological polar surface area (TPSA) is 88.2 Å². The van der Waals surface area contributed by atoms with Crippen molar-refractivity contribution in [2.24, 2.45) is 5.92 Å². The van der Waals surface area contributed by atoms with Gasteiger partial charge < -0.3 is 5.32 Å². The summed E-state index contributed by atoms with van der Waals surface area (Å²) in [6, 6.07) is 26.3. The maximum absolute atomic E-state index is 13.9. The maximum atomic E-state index is 13.9. The largest absolute Gasteiger partial charge is 0.345 e. The van der Waals surface area contributed by atoms with Crippen molar-refractivity contribution in [3.8, 4) is 11.3 Å². The number of benzene rings is 3. The number of fused-ring (bicyclic) bond motifs is 1. The smallest absolute Gasteiger partial charge is 0.254 e. The molecule has 2 N–H and O–H groups in total. The highest BCUT2D eigenvalue weighted by atomic mass is 32.2. The number of nitrogens with one attached hydrogen (secondary N) is 2. The first-order chi connectivity index (χ1) is 16.4. The van der Waals surface area contributed by atoms with Crippen molar-refractivity contribution >= 4 is 32.5 Å². The molecule has 0 unspecified atom stereocenters. The molecule has 0 aliphatic heterocycles. The second-order valence-electron chi connectivity index (χ2n) is 8.67. The summed E-state index contributed by atoms with van der Waals surface area (Å²) in [6.45, 7) is 0. The lowest BCUT2D eigenvalue weighted by molar-refractivity contribution is 0.0934. The summed E-state index contributed by atoms with van der Waals surface area (Å²) in [5.41, 5.74) is 3.25. The van der Waals surface area contributed by atoms with E-state index in [0.717, 1.165) is 30.2 Å². The lowest BCUT2D eigenvalue weighted by atomic mass is 9.98. The van der Waals surface area contributed by atoms with E-state index in [1.165, 1.54) is 0 Å². The highest BCUT2D eigenvalue weighted by molar-refractivity contribution is 7.92. The molecule has 7 heteroatoms. The molecule has 34 heavy (non-hydrogen) atoms. The summed E-state index contributed by atoms with van der Waals surface area (Å²) < 4.78 is 27.4. The Kier molecular flexibility index (Phi) is 5.79. The fourth-order valence-electron chi connectivity index (χ4n) is 4.31. The van der Waals surface area contributed by atoms with Crippen LogP contribution in [0.4, 0.5) is 5.69 Å². The van der Waals surface area contributed by atoms with Gasteiger partial charge in [0.05, 0.1) is 34.8 Å². The highest BCUT2D eigenvalue weighted by Gasteiger charge is 2.34. The summed E-state index contributed by atoms with van der Waals surface area (Å²) in [5.74, 6) is 0.0297. The standard InChI is InChI=1S/C27H25N3O3S/c1-34(32,33)30-26-23(27(31)29-24(20-16-17-20)18-10-4-2-5-11-18)21-14-8-9-15-22(21)28-25(26)19-12-6-3-7-13-19/h2-15,20,24,30H,16-17H2,1H3,(H,29,31)/t24-/m1/s1. The van der Waals surface area contributed by atoms with Crippen molar-refractivity contribution in [2.75, 3.05) is 11.0 Å². The molecule has 1 amide bonds. The van der Waals surface area contributed by atoms with Crippen molar-refractivity contribution in [3.05, 3.63) is 96.1 Å². The molecular formula is C27H25N3O3S. The summed E-state index contributed by atoms with van der Waals surface area (Å²) in [6.07, 6.45) is 3.16. The van der Waals surface area contributed by atoms with E-state index < -0.39 is 10.0 Å². The number of aromatic nitrogens is 1. The van der Waals surface area contributed by atoms with Crippen molar-refractivity contribution < 1.29 is 13.2 Å². The SMILES string of the molecule is CS(=O)(=O)Nc1c(-c2ccccc2)nc2ccccc2c1C(=O)N[C@H](c1ccccc1)C1CC1. The van der Waals surface area contributed by atoms with Crippen LogP contribution in [0.2, 0.25) is 0 Å². The predicted molar refractivity (Wildman–Crippen MR) is 135 cm³/mol. The number of hydrogen-bond donors (Lipinski definition) is 2. The van der Waals surface area contributed by atoms with Gasteiger partial charge in [0.15, 0.2) is 0 Å². The van der Waals surface area contributed by atoms with Gasteiger partial charge in [-0.1, -0.05) is 78.9 Å². The Morgan fingerprint density at radius 2 is 1.53 bits per heavy atom. The summed E-state index contributed by atoms with van der Waals surface area (Å²) >= 11 is 0. The molecule has 1 fully saturated rings. The molecule has 172 valence electrons. The minimum Gasteiger partial charge on any atom is -0.345 e. The van der Waals surface area contributed by atoms with Crippen LogP contribution < -0.4 is 10.0 Å². The Morgan fingerprint density at radius 3 is 2.18 bits per heavy atom. The molecule has 0 saturated heterocycles. The number of hydrogen-bond acceptors (Lipinski definition) is 4. The maximum Gasteiger partial charge on any atom is 0.254 e.